The second-order valence-corrected chi connectivity index (χ2v) is 4.48. The Balaban J connectivity index is 2.77. The third-order valence-electron chi connectivity index (χ3n) is 2.11. The van der Waals surface area contributed by atoms with Crippen LogP contribution in [-0.4, -0.2) is 18.1 Å². The summed E-state index contributed by atoms with van der Waals surface area (Å²) in [7, 11) is 0. The fourth-order valence-corrected chi connectivity index (χ4v) is 1.37. The maximum absolute atomic E-state index is 13.2. The Bertz CT molecular complexity index is 373. The lowest BCUT2D eigenvalue weighted by molar-refractivity contribution is 0.624. The van der Waals surface area contributed by atoms with E-state index in [1.807, 2.05) is 12.3 Å². The van der Waals surface area contributed by atoms with E-state index in [1.54, 1.807) is 23.9 Å². The highest BCUT2D eigenvalue weighted by atomic mass is 32.2. The molecule has 4 heteroatoms. The molecule has 0 bridgehead atoms. The summed E-state index contributed by atoms with van der Waals surface area (Å²) in [4.78, 5) is 0. The molecular weight excluding hydrogens is 211 g/mol. The summed E-state index contributed by atoms with van der Waals surface area (Å²) in [6.07, 6.45) is 2.02. The van der Waals surface area contributed by atoms with Gasteiger partial charge in [0, 0.05) is 11.8 Å². The molecule has 0 spiro atoms. The van der Waals surface area contributed by atoms with Gasteiger partial charge < -0.3 is 5.32 Å². The highest BCUT2D eigenvalue weighted by Gasteiger charge is 2.07. The molecule has 0 radical (unpaired) electrons. The average Bonchev–Trinajstić information content (AvgIpc) is 2.25. The summed E-state index contributed by atoms with van der Waals surface area (Å²) in [5, 5.41) is 12.3. The van der Waals surface area contributed by atoms with Crippen molar-refractivity contribution in [3.63, 3.8) is 0 Å². The molecule has 2 nitrogen and oxygen atoms in total. The second kappa shape index (κ2) is 5.62. The van der Waals surface area contributed by atoms with Gasteiger partial charge in [0.1, 0.15) is 17.4 Å². The number of benzene rings is 1. The number of halogens is 1. The van der Waals surface area contributed by atoms with Gasteiger partial charge in [-0.1, -0.05) is 13.0 Å². The van der Waals surface area contributed by atoms with E-state index < -0.39 is 5.82 Å². The summed E-state index contributed by atoms with van der Waals surface area (Å²) in [5.74, 6) is -0.473. The quantitative estimate of drug-likeness (QED) is 0.854. The van der Waals surface area contributed by atoms with E-state index in [1.165, 1.54) is 6.07 Å². The fourth-order valence-electron chi connectivity index (χ4n) is 1.12. The molecule has 80 valence electrons. The monoisotopic (exact) mass is 224 g/mol. The Hall–Kier alpha value is -1.21. The normalized spacial score (nSPS) is 11.9. The van der Waals surface area contributed by atoms with Crippen LogP contribution >= 0.6 is 11.8 Å². The number of hydrogen-bond acceptors (Lipinski definition) is 3. The molecule has 0 aromatic heterocycles. The van der Waals surface area contributed by atoms with E-state index in [2.05, 4.69) is 12.2 Å². The van der Waals surface area contributed by atoms with Crippen LogP contribution in [0.15, 0.2) is 18.2 Å². The summed E-state index contributed by atoms with van der Waals surface area (Å²) < 4.78 is 13.2. The highest BCUT2D eigenvalue weighted by molar-refractivity contribution is 7.99. The van der Waals surface area contributed by atoms with E-state index in [0.29, 0.717) is 10.9 Å². The van der Waals surface area contributed by atoms with Crippen LogP contribution in [0.2, 0.25) is 0 Å². The molecule has 1 rings (SSSR count). The molecule has 0 aliphatic rings. The number of rotatable bonds is 4. The van der Waals surface area contributed by atoms with Crippen LogP contribution in [0.3, 0.4) is 0 Å². The number of anilines is 1. The minimum Gasteiger partial charge on any atom is -0.383 e. The molecular formula is C11H13FN2S. The van der Waals surface area contributed by atoms with E-state index in [-0.39, 0.29) is 5.56 Å². The predicted molar refractivity (Wildman–Crippen MR) is 62.6 cm³/mol. The molecule has 0 saturated heterocycles. The Labute approximate surface area is 93.5 Å². The minimum atomic E-state index is -0.473. The zero-order valence-corrected chi connectivity index (χ0v) is 9.57. The van der Waals surface area contributed by atoms with Crippen LogP contribution in [0.5, 0.6) is 0 Å². The van der Waals surface area contributed by atoms with Gasteiger partial charge in [-0.15, -0.1) is 0 Å². The van der Waals surface area contributed by atoms with E-state index >= 15 is 0 Å². The van der Waals surface area contributed by atoms with Crippen molar-refractivity contribution >= 4 is 17.4 Å². The first-order valence-electron chi connectivity index (χ1n) is 4.64. The van der Waals surface area contributed by atoms with E-state index in [0.717, 1.165) is 6.54 Å². The van der Waals surface area contributed by atoms with Crippen molar-refractivity contribution in [3.05, 3.63) is 29.6 Å². The van der Waals surface area contributed by atoms with Crippen molar-refractivity contribution in [2.75, 3.05) is 18.1 Å². The first-order chi connectivity index (χ1) is 7.19. The van der Waals surface area contributed by atoms with Crippen molar-refractivity contribution in [1.82, 2.24) is 0 Å². The minimum absolute atomic E-state index is 0.0887. The highest BCUT2D eigenvalue weighted by Crippen LogP contribution is 2.18. The smallest absolute Gasteiger partial charge is 0.143 e. The standard InChI is InChI=1S/C11H13FN2S/c1-8(15-2)7-14-11-5-3-4-10(12)9(11)6-13/h3-5,8,14H,7H2,1-2H3. The molecule has 0 aliphatic carbocycles. The summed E-state index contributed by atoms with van der Waals surface area (Å²) >= 11 is 1.72. The lowest BCUT2D eigenvalue weighted by Crippen LogP contribution is -2.13. The Morgan fingerprint density at radius 2 is 2.33 bits per heavy atom. The molecule has 0 heterocycles. The Kier molecular flexibility index (Phi) is 4.44. The molecule has 0 amide bonds. The predicted octanol–water partition coefficient (Wildman–Crippen LogP) is 2.86. The van der Waals surface area contributed by atoms with Gasteiger partial charge in [-0.3, -0.25) is 0 Å². The van der Waals surface area contributed by atoms with Crippen molar-refractivity contribution in [1.29, 1.82) is 5.26 Å². The van der Waals surface area contributed by atoms with Crippen LogP contribution < -0.4 is 5.32 Å². The second-order valence-electron chi connectivity index (χ2n) is 3.20. The van der Waals surface area contributed by atoms with Crippen LogP contribution in [0.4, 0.5) is 10.1 Å². The average molecular weight is 224 g/mol. The Morgan fingerprint density at radius 3 is 2.93 bits per heavy atom. The number of nitrogens with one attached hydrogen (secondary N) is 1. The van der Waals surface area contributed by atoms with Gasteiger partial charge in [0.15, 0.2) is 0 Å². The summed E-state index contributed by atoms with van der Waals surface area (Å²) in [6.45, 7) is 2.79. The third-order valence-corrected chi connectivity index (χ3v) is 3.08. The van der Waals surface area contributed by atoms with Gasteiger partial charge in [-0.2, -0.15) is 17.0 Å². The first kappa shape index (κ1) is 11.9. The topological polar surface area (TPSA) is 35.8 Å². The SMILES string of the molecule is CSC(C)CNc1cccc(F)c1C#N. The molecule has 1 aromatic rings. The molecule has 0 saturated carbocycles. The van der Waals surface area contributed by atoms with Gasteiger partial charge in [0.2, 0.25) is 0 Å². The lowest BCUT2D eigenvalue weighted by Gasteiger charge is -2.12. The third kappa shape index (κ3) is 3.14. The van der Waals surface area contributed by atoms with Crippen molar-refractivity contribution in [3.8, 4) is 6.07 Å². The van der Waals surface area contributed by atoms with Crippen LogP contribution in [0.1, 0.15) is 12.5 Å². The van der Waals surface area contributed by atoms with Gasteiger partial charge in [-0.25, -0.2) is 4.39 Å². The van der Waals surface area contributed by atoms with Gasteiger partial charge >= 0.3 is 0 Å². The first-order valence-corrected chi connectivity index (χ1v) is 5.93. The number of thioether (sulfide) groups is 1. The van der Waals surface area contributed by atoms with Crippen LogP contribution in [0.25, 0.3) is 0 Å². The zero-order chi connectivity index (χ0) is 11.3. The molecule has 0 aliphatic heterocycles. The van der Waals surface area contributed by atoms with Crippen molar-refractivity contribution < 1.29 is 4.39 Å². The molecule has 1 N–H and O–H groups in total. The molecule has 1 unspecified atom stereocenters. The van der Waals surface area contributed by atoms with Gasteiger partial charge in [0.05, 0.1) is 5.69 Å². The summed E-state index contributed by atoms with van der Waals surface area (Å²) in [6, 6.07) is 6.47. The maximum atomic E-state index is 13.2. The maximum Gasteiger partial charge on any atom is 0.143 e. The molecule has 1 aromatic carbocycles. The summed E-state index contributed by atoms with van der Waals surface area (Å²) in [5.41, 5.74) is 0.657. The van der Waals surface area contributed by atoms with Crippen LogP contribution in [0, 0.1) is 17.1 Å². The van der Waals surface area contributed by atoms with Crippen molar-refractivity contribution in [2.24, 2.45) is 0 Å². The number of nitriles is 1. The number of nitrogens with zero attached hydrogens (tertiary/aromatic N) is 1. The van der Waals surface area contributed by atoms with Crippen molar-refractivity contribution in [2.45, 2.75) is 12.2 Å². The zero-order valence-electron chi connectivity index (χ0n) is 8.75. The van der Waals surface area contributed by atoms with Crippen LogP contribution in [-0.2, 0) is 0 Å². The lowest BCUT2D eigenvalue weighted by atomic mass is 10.2. The molecule has 15 heavy (non-hydrogen) atoms. The van der Waals surface area contributed by atoms with Gasteiger partial charge in [-0.05, 0) is 18.4 Å². The van der Waals surface area contributed by atoms with E-state index in [4.69, 9.17) is 5.26 Å². The largest absolute Gasteiger partial charge is 0.383 e. The molecule has 0 fully saturated rings. The Morgan fingerprint density at radius 1 is 1.60 bits per heavy atom. The molecule has 1 atom stereocenters. The van der Waals surface area contributed by atoms with Gasteiger partial charge in [0.25, 0.3) is 0 Å². The fraction of sp³-hybridized carbons (Fsp3) is 0.364. The number of hydrogen-bond donors (Lipinski definition) is 1. The van der Waals surface area contributed by atoms with E-state index in [9.17, 15) is 4.39 Å².